The second-order valence-electron chi connectivity index (χ2n) is 6.56. The average Bonchev–Trinajstić information content (AvgIpc) is 3.29. The maximum absolute atomic E-state index is 12.6. The average molecular weight is 456 g/mol. The van der Waals surface area contributed by atoms with Crippen molar-refractivity contribution in [2.24, 2.45) is 0 Å². The molecule has 0 atom stereocenters. The molecule has 1 heterocycles. The molecule has 0 aliphatic rings. The Hall–Kier alpha value is -3.27. The minimum Gasteiger partial charge on any atom is -0.322 e. The summed E-state index contributed by atoms with van der Waals surface area (Å²) >= 11 is 1.33. The largest absolute Gasteiger partial charge is 0.322 e. The van der Waals surface area contributed by atoms with Crippen molar-refractivity contribution < 1.29 is 18.0 Å². The fraction of sp³-hybridized carbons (Fsp3) is 0.0909. The Balaban J connectivity index is 1.62. The molecule has 0 fully saturated rings. The molecule has 0 radical (unpaired) electrons. The number of sulfonamides is 1. The molecule has 2 aromatic carbocycles. The van der Waals surface area contributed by atoms with E-state index in [2.05, 4.69) is 21.9 Å². The van der Waals surface area contributed by atoms with Crippen molar-refractivity contribution >= 4 is 44.5 Å². The molecule has 7 nitrogen and oxygen atoms in total. The molecule has 0 unspecified atom stereocenters. The van der Waals surface area contributed by atoms with Crippen molar-refractivity contribution in [3.05, 3.63) is 94.7 Å². The predicted octanol–water partition coefficient (Wildman–Crippen LogP) is 3.86. The molecule has 2 amide bonds. The number of amides is 2. The maximum atomic E-state index is 12.6. The zero-order chi connectivity index (χ0) is 22.3. The Kier molecular flexibility index (Phi) is 7.35. The van der Waals surface area contributed by atoms with Gasteiger partial charge in [-0.25, -0.2) is 13.1 Å². The third-order valence-electron chi connectivity index (χ3n) is 4.14. The van der Waals surface area contributed by atoms with Gasteiger partial charge in [0.15, 0.2) is 0 Å². The quantitative estimate of drug-likeness (QED) is 0.426. The van der Waals surface area contributed by atoms with E-state index in [1.54, 1.807) is 60.7 Å². The van der Waals surface area contributed by atoms with E-state index < -0.39 is 10.0 Å². The first-order valence-corrected chi connectivity index (χ1v) is 11.8. The van der Waals surface area contributed by atoms with Crippen LogP contribution in [0.4, 0.5) is 11.4 Å². The van der Waals surface area contributed by atoms with Crippen LogP contribution in [0.2, 0.25) is 0 Å². The highest BCUT2D eigenvalue weighted by atomic mass is 32.2. The van der Waals surface area contributed by atoms with Crippen LogP contribution in [0.25, 0.3) is 0 Å². The summed E-state index contributed by atoms with van der Waals surface area (Å²) in [6.07, 6.45) is 1.47. The molecule has 1 aromatic heterocycles. The topological polar surface area (TPSA) is 104 Å². The lowest BCUT2D eigenvalue weighted by atomic mass is 10.1. The fourth-order valence-electron chi connectivity index (χ4n) is 2.68. The van der Waals surface area contributed by atoms with Gasteiger partial charge < -0.3 is 10.6 Å². The molecule has 0 spiro atoms. The second kappa shape index (κ2) is 10.2. The summed E-state index contributed by atoms with van der Waals surface area (Å²) in [6.45, 7) is 3.65. The molecule has 0 aliphatic carbocycles. The summed E-state index contributed by atoms with van der Waals surface area (Å²) in [5.74, 6) is -0.748. The number of carbonyl (C=O) groups is 2. The Morgan fingerprint density at radius 3 is 2.35 bits per heavy atom. The van der Waals surface area contributed by atoms with Crippen LogP contribution in [-0.4, -0.2) is 26.8 Å². The van der Waals surface area contributed by atoms with Gasteiger partial charge in [-0.05, 0) is 47.3 Å². The summed E-state index contributed by atoms with van der Waals surface area (Å²) < 4.78 is 26.3. The number of thiophene rings is 1. The van der Waals surface area contributed by atoms with E-state index in [1.807, 2.05) is 5.38 Å². The van der Waals surface area contributed by atoms with Gasteiger partial charge in [-0.15, -0.1) is 17.9 Å². The van der Waals surface area contributed by atoms with Crippen LogP contribution in [0.15, 0.2) is 78.7 Å². The highest BCUT2D eigenvalue weighted by molar-refractivity contribution is 7.88. The molecular weight excluding hydrogens is 434 g/mol. The van der Waals surface area contributed by atoms with Gasteiger partial charge in [0.2, 0.25) is 10.0 Å². The van der Waals surface area contributed by atoms with E-state index in [9.17, 15) is 18.0 Å². The van der Waals surface area contributed by atoms with Gasteiger partial charge >= 0.3 is 0 Å². The van der Waals surface area contributed by atoms with Gasteiger partial charge in [-0.3, -0.25) is 9.59 Å². The molecule has 0 bridgehead atoms. The van der Waals surface area contributed by atoms with E-state index >= 15 is 0 Å². The minimum atomic E-state index is -3.45. The number of hydrogen-bond donors (Lipinski definition) is 3. The number of nitrogens with one attached hydrogen (secondary N) is 3. The SMILES string of the molecule is C=CCNS(=O)(=O)Cc1ccc(NC(=O)c2cccc(NC(=O)c3cccs3)c2)cc1. The molecule has 3 aromatic rings. The summed E-state index contributed by atoms with van der Waals surface area (Å²) in [4.78, 5) is 25.3. The minimum absolute atomic E-state index is 0.166. The second-order valence-corrected chi connectivity index (χ2v) is 9.31. The van der Waals surface area contributed by atoms with Crippen LogP contribution < -0.4 is 15.4 Å². The molecule has 31 heavy (non-hydrogen) atoms. The fourth-order valence-corrected chi connectivity index (χ4v) is 4.41. The van der Waals surface area contributed by atoms with E-state index in [0.717, 1.165) is 0 Å². The summed E-state index contributed by atoms with van der Waals surface area (Å²) in [6, 6.07) is 16.7. The maximum Gasteiger partial charge on any atom is 0.265 e. The van der Waals surface area contributed by atoms with Gasteiger partial charge in [-0.1, -0.05) is 30.3 Å². The Morgan fingerprint density at radius 2 is 1.68 bits per heavy atom. The van der Waals surface area contributed by atoms with Crippen molar-refractivity contribution in [2.45, 2.75) is 5.75 Å². The normalized spacial score (nSPS) is 11.0. The Morgan fingerprint density at radius 1 is 0.935 bits per heavy atom. The molecular formula is C22H21N3O4S2. The van der Waals surface area contributed by atoms with Gasteiger partial charge in [0, 0.05) is 23.5 Å². The molecule has 3 rings (SSSR count). The molecule has 0 saturated carbocycles. The van der Waals surface area contributed by atoms with Crippen LogP contribution in [0, 0.1) is 0 Å². The highest BCUT2D eigenvalue weighted by Crippen LogP contribution is 2.17. The Bertz CT molecular complexity index is 1170. The zero-order valence-corrected chi connectivity index (χ0v) is 18.1. The molecule has 3 N–H and O–H groups in total. The first-order valence-electron chi connectivity index (χ1n) is 9.30. The number of rotatable bonds is 9. The van der Waals surface area contributed by atoms with E-state index in [0.29, 0.717) is 27.4 Å². The van der Waals surface area contributed by atoms with Gasteiger partial charge in [-0.2, -0.15) is 0 Å². The third kappa shape index (κ3) is 6.61. The first-order chi connectivity index (χ1) is 14.9. The third-order valence-corrected chi connectivity index (χ3v) is 6.33. The lowest BCUT2D eigenvalue weighted by Crippen LogP contribution is -2.25. The monoisotopic (exact) mass is 455 g/mol. The summed E-state index contributed by atoms with van der Waals surface area (Å²) in [5, 5.41) is 7.35. The summed E-state index contributed by atoms with van der Waals surface area (Å²) in [5.41, 5.74) is 2.01. The molecule has 0 aliphatic heterocycles. The van der Waals surface area contributed by atoms with E-state index in [1.165, 1.54) is 17.4 Å². The van der Waals surface area contributed by atoms with E-state index in [4.69, 9.17) is 0 Å². The van der Waals surface area contributed by atoms with E-state index in [-0.39, 0.29) is 24.1 Å². The zero-order valence-electron chi connectivity index (χ0n) is 16.5. The van der Waals surface area contributed by atoms with Crippen LogP contribution in [-0.2, 0) is 15.8 Å². The number of benzene rings is 2. The smallest absolute Gasteiger partial charge is 0.265 e. The van der Waals surface area contributed by atoms with Crippen molar-refractivity contribution in [1.82, 2.24) is 4.72 Å². The highest BCUT2D eigenvalue weighted by Gasteiger charge is 2.12. The number of anilines is 2. The van der Waals surface area contributed by atoms with Crippen LogP contribution in [0.3, 0.4) is 0 Å². The van der Waals surface area contributed by atoms with Gasteiger partial charge in [0.25, 0.3) is 11.8 Å². The first kappa shape index (κ1) is 22.4. The van der Waals surface area contributed by atoms with Crippen LogP contribution >= 0.6 is 11.3 Å². The summed E-state index contributed by atoms with van der Waals surface area (Å²) in [7, 11) is -3.45. The predicted molar refractivity (Wildman–Crippen MR) is 124 cm³/mol. The lowest BCUT2D eigenvalue weighted by Gasteiger charge is -2.09. The lowest BCUT2D eigenvalue weighted by molar-refractivity contribution is 0.101. The van der Waals surface area contributed by atoms with Crippen LogP contribution in [0.1, 0.15) is 25.6 Å². The number of carbonyl (C=O) groups excluding carboxylic acids is 2. The molecule has 9 heteroatoms. The van der Waals surface area contributed by atoms with Gasteiger partial charge in [0.1, 0.15) is 0 Å². The Labute approximate surface area is 184 Å². The van der Waals surface area contributed by atoms with Crippen molar-refractivity contribution in [3.8, 4) is 0 Å². The molecule has 0 saturated heterocycles. The van der Waals surface area contributed by atoms with Crippen molar-refractivity contribution in [3.63, 3.8) is 0 Å². The van der Waals surface area contributed by atoms with Crippen molar-refractivity contribution in [1.29, 1.82) is 0 Å². The molecule has 160 valence electrons. The standard InChI is InChI=1S/C22H21N3O4S2/c1-2-12-23-31(28,29)15-16-8-10-18(11-9-16)24-21(26)17-5-3-6-19(14-17)25-22(27)20-7-4-13-30-20/h2-11,13-14,23H,1,12,15H2,(H,24,26)(H,25,27). The van der Waals surface area contributed by atoms with Crippen LogP contribution in [0.5, 0.6) is 0 Å². The van der Waals surface area contributed by atoms with Gasteiger partial charge in [0.05, 0.1) is 10.6 Å². The van der Waals surface area contributed by atoms with Crippen molar-refractivity contribution in [2.75, 3.05) is 17.2 Å². The number of hydrogen-bond acceptors (Lipinski definition) is 5.